The maximum atomic E-state index is 6.02. The molecule has 0 saturated heterocycles. The van der Waals surface area contributed by atoms with Crippen molar-refractivity contribution in [2.24, 2.45) is 0 Å². The molecule has 15 heavy (non-hydrogen) atoms. The maximum Gasteiger partial charge on any atom is 0.171 e. The Hall–Kier alpha value is -1.20. The standard InChI is InChI=1S/C9H4BrClN4/c10-6-2-8-5(1-7(6)11)9-14-13-4-15(9)3-12-8/h1-4H. The predicted molar refractivity (Wildman–Crippen MR) is 61.0 cm³/mol. The van der Waals surface area contributed by atoms with Gasteiger partial charge >= 0.3 is 0 Å². The topological polar surface area (TPSA) is 43.1 Å². The van der Waals surface area contributed by atoms with E-state index in [0.717, 1.165) is 21.0 Å². The van der Waals surface area contributed by atoms with E-state index in [9.17, 15) is 0 Å². The molecule has 0 bridgehead atoms. The highest BCUT2D eigenvalue weighted by molar-refractivity contribution is 9.10. The van der Waals surface area contributed by atoms with Gasteiger partial charge in [0.15, 0.2) is 5.65 Å². The molecular weight excluding hydrogens is 279 g/mol. The summed E-state index contributed by atoms with van der Waals surface area (Å²) in [7, 11) is 0. The summed E-state index contributed by atoms with van der Waals surface area (Å²) in [5, 5.41) is 9.37. The monoisotopic (exact) mass is 282 g/mol. The van der Waals surface area contributed by atoms with Gasteiger partial charge < -0.3 is 0 Å². The van der Waals surface area contributed by atoms with Crippen LogP contribution >= 0.6 is 27.5 Å². The summed E-state index contributed by atoms with van der Waals surface area (Å²) < 4.78 is 2.58. The third kappa shape index (κ3) is 1.31. The molecular formula is C9H4BrClN4. The molecule has 2 heterocycles. The molecule has 0 aliphatic carbocycles. The minimum atomic E-state index is 0.639. The van der Waals surface area contributed by atoms with Crippen LogP contribution in [0.25, 0.3) is 16.6 Å². The SMILES string of the molecule is Clc1cc2c(cc1Br)ncn1cnnc21. The van der Waals surface area contributed by atoms with E-state index < -0.39 is 0 Å². The Morgan fingerprint density at radius 3 is 3.00 bits per heavy atom. The molecule has 0 N–H and O–H groups in total. The first kappa shape index (κ1) is 9.06. The number of nitrogens with zero attached hydrogens (tertiary/aromatic N) is 4. The van der Waals surface area contributed by atoms with Crippen molar-refractivity contribution in [1.29, 1.82) is 0 Å². The van der Waals surface area contributed by atoms with E-state index in [0.29, 0.717) is 5.02 Å². The van der Waals surface area contributed by atoms with Crippen molar-refractivity contribution in [2.75, 3.05) is 0 Å². The summed E-state index contributed by atoms with van der Waals surface area (Å²) in [5.74, 6) is 0. The van der Waals surface area contributed by atoms with Gasteiger partial charge in [-0.3, -0.25) is 4.40 Å². The molecule has 0 atom stereocenters. The molecule has 4 nitrogen and oxygen atoms in total. The van der Waals surface area contributed by atoms with Gasteiger partial charge in [-0.1, -0.05) is 11.6 Å². The molecule has 0 aliphatic rings. The van der Waals surface area contributed by atoms with E-state index in [1.54, 1.807) is 17.1 Å². The molecule has 0 spiro atoms. The van der Waals surface area contributed by atoms with E-state index in [4.69, 9.17) is 11.6 Å². The number of benzene rings is 1. The first-order valence-electron chi connectivity index (χ1n) is 4.19. The van der Waals surface area contributed by atoms with E-state index in [2.05, 4.69) is 31.1 Å². The summed E-state index contributed by atoms with van der Waals surface area (Å²) in [5.41, 5.74) is 1.60. The fraction of sp³-hybridized carbons (Fsp3) is 0. The molecule has 0 amide bonds. The highest BCUT2D eigenvalue weighted by atomic mass is 79.9. The largest absolute Gasteiger partial charge is 0.271 e. The lowest BCUT2D eigenvalue weighted by Gasteiger charge is -2.01. The lowest BCUT2D eigenvalue weighted by atomic mass is 10.2. The number of hydrogen-bond donors (Lipinski definition) is 0. The zero-order chi connectivity index (χ0) is 10.4. The van der Waals surface area contributed by atoms with Gasteiger partial charge in [-0.2, -0.15) is 0 Å². The minimum Gasteiger partial charge on any atom is -0.271 e. The molecule has 3 rings (SSSR count). The minimum absolute atomic E-state index is 0.639. The Kier molecular flexibility index (Phi) is 1.90. The Morgan fingerprint density at radius 2 is 2.13 bits per heavy atom. The molecule has 1 aromatic carbocycles. The molecule has 2 aromatic heterocycles. The Morgan fingerprint density at radius 1 is 1.27 bits per heavy atom. The number of halogens is 2. The summed E-state index contributed by atoms with van der Waals surface area (Å²) in [6.07, 6.45) is 3.29. The first-order chi connectivity index (χ1) is 7.25. The van der Waals surface area contributed by atoms with Crippen molar-refractivity contribution in [1.82, 2.24) is 19.6 Å². The molecule has 0 aliphatic heterocycles. The zero-order valence-corrected chi connectivity index (χ0v) is 9.70. The molecule has 0 radical (unpaired) electrons. The fourth-order valence-electron chi connectivity index (χ4n) is 1.47. The van der Waals surface area contributed by atoms with Crippen molar-refractivity contribution in [2.45, 2.75) is 0 Å². The lowest BCUT2D eigenvalue weighted by Crippen LogP contribution is -1.89. The summed E-state index contributed by atoms with van der Waals surface area (Å²) in [6, 6.07) is 3.70. The normalized spacial score (nSPS) is 11.3. The molecule has 0 fully saturated rings. The second-order valence-electron chi connectivity index (χ2n) is 3.09. The summed E-state index contributed by atoms with van der Waals surface area (Å²) in [4.78, 5) is 4.28. The van der Waals surface area contributed by atoms with Gasteiger partial charge in [0.1, 0.15) is 12.7 Å². The van der Waals surface area contributed by atoms with Crippen LogP contribution in [0.2, 0.25) is 5.02 Å². The predicted octanol–water partition coefficient (Wildman–Crippen LogP) is 2.69. The van der Waals surface area contributed by atoms with Crippen molar-refractivity contribution in [3.05, 3.63) is 34.3 Å². The first-order valence-corrected chi connectivity index (χ1v) is 5.36. The Labute approximate surface area is 98.0 Å². The van der Waals surface area contributed by atoms with E-state index in [1.807, 2.05) is 12.1 Å². The highest BCUT2D eigenvalue weighted by Crippen LogP contribution is 2.28. The van der Waals surface area contributed by atoms with Crippen molar-refractivity contribution < 1.29 is 0 Å². The summed E-state index contributed by atoms with van der Waals surface area (Å²) >= 11 is 9.38. The van der Waals surface area contributed by atoms with Crippen molar-refractivity contribution >= 4 is 44.1 Å². The third-order valence-electron chi connectivity index (χ3n) is 2.17. The van der Waals surface area contributed by atoms with Crippen molar-refractivity contribution in [3.63, 3.8) is 0 Å². The Bertz CT molecular complexity index is 664. The maximum absolute atomic E-state index is 6.02. The zero-order valence-electron chi connectivity index (χ0n) is 7.35. The molecule has 0 saturated carbocycles. The number of fused-ring (bicyclic) bond motifs is 3. The fourth-order valence-corrected chi connectivity index (χ4v) is 1.96. The van der Waals surface area contributed by atoms with Crippen LogP contribution in [-0.2, 0) is 0 Å². The molecule has 3 aromatic rings. The quantitative estimate of drug-likeness (QED) is 0.637. The second kappa shape index (κ2) is 3.15. The van der Waals surface area contributed by atoms with Crippen LogP contribution in [-0.4, -0.2) is 19.6 Å². The van der Waals surface area contributed by atoms with Crippen LogP contribution in [0.4, 0.5) is 0 Å². The highest BCUT2D eigenvalue weighted by Gasteiger charge is 2.06. The van der Waals surface area contributed by atoms with Gasteiger partial charge in [0.25, 0.3) is 0 Å². The lowest BCUT2D eigenvalue weighted by molar-refractivity contribution is 1.08. The smallest absolute Gasteiger partial charge is 0.171 e. The van der Waals surface area contributed by atoms with Crippen molar-refractivity contribution in [3.8, 4) is 0 Å². The average Bonchev–Trinajstić information content (AvgIpc) is 2.68. The average molecular weight is 284 g/mol. The van der Waals surface area contributed by atoms with E-state index >= 15 is 0 Å². The van der Waals surface area contributed by atoms with Crippen LogP contribution in [0.15, 0.2) is 29.3 Å². The van der Waals surface area contributed by atoms with Gasteiger partial charge in [0.05, 0.1) is 10.5 Å². The number of rotatable bonds is 0. The summed E-state index contributed by atoms with van der Waals surface area (Å²) in [6.45, 7) is 0. The second-order valence-corrected chi connectivity index (χ2v) is 4.35. The number of hydrogen-bond acceptors (Lipinski definition) is 3. The molecule has 6 heteroatoms. The van der Waals surface area contributed by atoms with Crippen LogP contribution < -0.4 is 0 Å². The molecule has 0 unspecified atom stereocenters. The van der Waals surface area contributed by atoms with Gasteiger partial charge in [-0.25, -0.2) is 4.98 Å². The van der Waals surface area contributed by atoms with Crippen LogP contribution in [0.5, 0.6) is 0 Å². The Balaban J connectivity index is 2.57. The van der Waals surface area contributed by atoms with Crippen LogP contribution in [0, 0.1) is 0 Å². The van der Waals surface area contributed by atoms with E-state index in [1.165, 1.54) is 0 Å². The van der Waals surface area contributed by atoms with Crippen LogP contribution in [0.3, 0.4) is 0 Å². The van der Waals surface area contributed by atoms with Crippen LogP contribution in [0.1, 0.15) is 0 Å². The van der Waals surface area contributed by atoms with Gasteiger partial charge in [0, 0.05) is 9.86 Å². The van der Waals surface area contributed by atoms with Gasteiger partial charge in [0.2, 0.25) is 0 Å². The third-order valence-corrected chi connectivity index (χ3v) is 3.37. The number of aromatic nitrogens is 4. The van der Waals surface area contributed by atoms with E-state index in [-0.39, 0.29) is 0 Å². The van der Waals surface area contributed by atoms with Gasteiger partial charge in [-0.05, 0) is 28.1 Å². The van der Waals surface area contributed by atoms with Gasteiger partial charge in [-0.15, -0.1) is 10.2 Å². The molecule has 74 valence electrons.